The van der Waals surface area contributed by atoms with Gasteiger partial charge in [0.25, 0.3) is 5.91 Å². The lowest BCUT2D eigenvalue weighted by molar-refractivity contribution is -0.145. The van der Waals surface area contributed by atoms with Crippen molar-refractivity contribution in [3.05, 3.63) is 52.0 Å². The van der Waals surface area contributed by atoms with E-state index in [-0.39, 0.29) is 64.6 Å². The summed E-state index contributed by atoms with van der Waals surface area (Å²) in [6.07, 6.45) is 5.18. The molecule has 0 saturated carbocycles. The number of carbonyl (C=O) groups excluding carboxylic acids is 5. The fraction of sp³-hybridized carbons (Fsp3) is 0.611. The molecule has 1 aromatic heterocycles. The Morgan fingerprint density at radius 2 is 1.65 bits per heavy atom. The highest BCUT2D eigenvalue weighted by Crippen LogP contribution is 2.21. The number of ketones is 1. The normalized spacial score (nSPS) is 12.8. The van der Waals surface area contributed by atoms with Gasteiger partial charge in [-0.2, -0.15) is 0 Å². The summed E-state index contributed by atoms with van der Waals surface area (Å²) in [6.45, 7) is 10.7. The number of hydrogen-bond acceptors (Lipinski definition) is 9. The summed E-state index contributed by atoms with van der Waals surface area (Å²) < 4.78 is 4.86. The van der Waals surface area contributed by atoms with Crippen molar-refractivity contribution in [3.8, 4) is 0 Å². The Balaban J connectivity index is 0.000000993. The number of esters is 1. The number of thiazole rings is 1. The van der Waals surface area contributed by atoms with Gasteiger partial charge < -0.3 is 26.0 Å². The van der Waals surface area contributed by atoms with E-state index in [2.05, 4.69) is 15.6 Å². The average molecular weight is 688 g/mol. The molecule has 268 valence electrons. The number of primary amides is 1. The van der Waals surface area contributed by atoms with Gasteiger partial charge in [-0.1, -0.05) is 71.4 Å². The van der Waals surface area contributed by atoms with E-state index in [0.717, 1.165) is 42.7 Å². The van der Waals surface area contributed by atoms with Crippen molar-refractivity contribution >= 4 is 40.8 Å². The van der Waals surface area contributed by atoms with Crippen LogP contribution >= 0.6 is 11.3 Å². The minimum atomic E-state index is -0.400. The molecule has 0 spiro atoms. The zero-order chi connectivity index (χ0) is 36.2. The Morgan fingerprint density at radius 3 is 2.21 bits per heavy atom. The molecule has 0 radical (unpaired) electrons. The number of hydrogen-bond donors (Lipinski definition) is 3. The van der Waals surface area contributed by atoms with E-state index in [1.54, 1.807) is 24.3 Å². The van der Waals surface area contributed by atoms with E-state index in [0.29, 0.717) is 25.7 Å². The minimum Gasteiger partial charge on any atom is -0.469 e. The van der Waals surface area contributed by atoms with E-state index in [1.807, 2.05) is 65.1 Å². The third-order valence-electron chi connectivity index (χ3n) is 7.86. The van der Waals surface area contributed by atoms with Crippen molar-refractivity contribution in [2.75, 3.05) is 27.7 Å². The number of nitrogens with one attached hydrogen (secondary N) is 2. The molecule has 12 heteroatoms. The molecule has 2 aromatic rings. The number of rotatable bonds is 20. The van der Waals surface area contributed by atoms with E-state index in [4.69, 9.17) is 10.5 Å². The number of ether oxygens (including phenoxy) is 1. The fourth-order valence-electron chi connectivity index (χ4n) is 5.13. The van der Waals surface area contributed by atoms with Gasteiger partial charge in [-0.05, 0) is 56.7 Å². The number of Topliss-reactive ketones (excluding diaryl/α,β-unsaturated/α-hetero) is 1. The van der Waals surface area contributed by atoms with Gasteiger partial charge in [0.05, 0.1) is 13.0 Å². The van der Waals surface area contributed by atoms with Crippen LogP contribution in [0.1, 0.15) is 105 Å². The molecule has 3 unspecified atom stereocenters. The molecule has 0 aliphatic rings. The number of nitrogens with two attached hydrogens (primary N) is 1. The second-order valence-electron chi connectivity index (χ2n) is 13.0. The molecule has 2 rings (SSSR count). The van der Waals surface area contributed by atoms with Crippen molar-refractivity contribution in [2.24, 2.45) is 23.5 Å². The van der Waals surface area contributed by atoms with Gasteiger partial charge in [0.1, 0.15) is 5.69 Å². The van der Waals surface area contributed by atoms with Crippen molar-refractivity contribution in [1.29, 1.82) is 0 Å². The molecule has 3 amide bonds. The Morgan fingerprint density at radius 1 is 0.979 bits per heavy atom. The maximum Gasteiger partial charge on any atom is 0.308 e. The number of nitrogens with zero attached hydrogens (tertiary/aromatic N) is 2. The monoisotopic (exact) mass is 687 g/mol. The predicted molar refractivity (Wildman–Crippen MR) is 191 cm³/mol. The van der Waals surface area contributed by atoms with E-state index in [9.17, 15) is 24.0 Å². The zero-order valence-electron chi connectivity index (χ0n) is 30.0. The lowest BCUT2D eigenvalue weighted by Gasteiger charge is -2.31. The Hall–Kier alpha value is -3.64. The van der Waals surface area contributed by atoms with Gasteiger partial charge in [-0.25, -0.2) is 4.98 Å². The average Bonchev–Trinajstić information content (AvgIpc) is 3.54. The summed E-state index contributed by atoms with van der Waals surface area (Å²) in [6, 6.07) is 9.12. The molecule has 3 atom stereocenters. The maximum atomic E-state index is 13.1. The number of carbonyl (C=O) groups is 5. The Kier molecular flexibility index (Phi) is 20.2. The van der Waals surface area contributed by atoms with Crippen LogP contribution in [-0.4, -0.2) is 79.2 Å². The van der Waals surface area contributed by atoms with Crippen LogP contribution < -0.4 is 16.4 Å². The number of methoxy groups -OCH3 is 1. The predicted octanol–water partition coefficient (Wildman–Crippen LogP) is 5.04. The molecule has 0 bridgehead atoms. The van der Waals surface area contributed by atoms with Gasteiger partial charge in [-0.15, -0.1) is 11.3 Å². The van der Waals surface area contributed by atoms with Gasteiger partial charge in [-0.3, -0.25) is 24.0 Å². The van der Waals surface area contributed by atoms with Gasteiger partial charge in [0.15, 0.2) is 10.8 Å². The highest BCUT2D eigenvalue weighted by molar-refractivity contribution is 7.11. The highest BCUT2D eigenvalue weighted by Gasteiger charge is 2.28. The van der Waals surface area contributed by atoms with Crippen LogP contribution in [0.4, 0.5) is 0 Å². The lowest BCUT2D eigenvalue weighted by Crippen LogP contribution is -2.42. The third kappa shape index (κ3) is 16.5. The highest BCUT2D eigenvalue weighted by atomic mass is 32.1. The van der Waals surface area contributed by atoms with Crippen LogP contribution in [0.15, 0.2) is 35.7 Å². The Labute approximate surface area is 290 Å². The SMILES string of the molecule is CNCCCCCC(N)=O.COC(=O)C(C)CC(Cc1ccccc1)NC(=O)c1csc(C(=O)CC(C(C)C)N(C)C(=O)CC(C)C)n1. The Bertz CT molecular complexity index is 1280. The summed E-state index contributed by atoms with van der Waals surface area (Å²) in [5.41, 5.74) is 6.14. The largest absolute Gasteiger partial charge is 0.469 e. The van der Waals surface area contributed by atoms with Crippen LogP contribution in [0.3, 0.4) is 0 Å². The number of aromatic nitrogens is 1. The van der Waals surface area contributed by atoms with E-state index in [1.165, 1.54) is 7.11 Å². The third-order valence-corrected chi connectivity index (χ3v) is 8.75. The molecule has 0 aliphatic carbocycles. The van der Waals surface area contributed by atoms with Gasteiger partial charge >= 0.3 is 5.97 Å². The quantitative estimate of drug-likeness (QED) is 0.0992. The molecular formula is C36H57N5O6S. The summed E-state index contributed by atoms with van der Waals surface area (Å²) >= 11 is 1.12. The zero-order valence-corrected chi connectivity index (χ0v) is 30.9. The van der Waals surface area contributed by atoms with Crippen molar-refractivity contribution in [1.82, 2.24) is 20.5 Å². The second kappa shape index (κ2) is 22.8. The summed E-state index contributed by atoms with van der Waals surface area (Å²) in [5.74, 6) is -1.20. The minimum absolute atomic E-state index is 0.0105. The summed E-state index contributed by atoms with van der Waals surface area (Å²) in [5, 5.41) is 7.84. The van der Waals surface area contributed by atoms with Gasteiger partial charge in [0.2, 0.25) is 11.8 Å². The lowest BCUT2D eigenvalue weighted by atomic mass is 9.96. The van der Waals surface area contributed by atoms with Crippen molar-refractivity contribution in [3.63, 3.8) is 0 Å². The summed E-state index contributed by atoms with van der Waals surface area (Å²) in [4.78, 5) is 67.0. The van der Waals surface area contributed by atoms with Gasteiger partial charge in [0, 0.05) is 43.8 Å². The molecule has 11 nitrogen and oxygen atoms in total. The smallest absolute Gasteiger partial charge is 0.308 e. The maximum absolute atomic E-state index is 13.1. The first-order chi connectivity index (χ1) is 22.7. The van der Waals surface area contributed by atoms with Crippen LogP contribution in [0.5, 0.6) is 0 Å². The topological polar surface area (TPSA) is 161 Å². The second-order valence-corrected chi connectivity index (χ2v) is 13.8. The number of unbranched alkanes of at least 4 members (excludes halogenated alkanes) is 2. The molecule has 4 N–H and O–H groups in total. The number of benzene rings is 1. The molecule has 48 heavy (non-hydrogen) atoms. The van der Waals surface area contributed by atoms with Crippen molar-refractivity contribution in [2.45, 2.75) is 98.1 Å². The molecule has 0 saturated heterocycles. The van der Waals surface area contributed by atoms with Crippen LogP contribution in [-0.2, 0) is 25.5 Å². The number of amides is 3. The van der Waals surface area contributed by atoms with E-state index < -0.39 is 11.8 Å². The molecule has 0 fully saturated rings. The summed E-state index contributed by atoms with van der Waals surface area (Å²) in [7, 11) is 5.01. The van der Waals surface area contributed by atoms with Crippen LogP contribution in [0, 0.1) is 17.8 Å². The van der Waals surface area contributed by atoms with Crippen molar-refractivity contribution < 1.29 is 28.7 Å². The van der Waals surface area contributed by atoms with E-state index >= 15 is 0 Å². The first-order valence-electron chi connectivity index (χ1n) is 16.8. The first kappa shape index (κ1) is 42.4. The molecule has 1 heterocycles. The van der Waals surface area contributed by atoms with Crippen LogP contribution in [0.2, 0.25) is 0 Å². The molecular weight excluding hydrogens is 630 g/mol. The molecule has 0 aliphatic heterocycles. The standard InChI is InChI=1S/C29H41N3O5S.C7H16N2O/c1-18(2)13-26(34)32(6)24(19(3)4)16-25(33)28-31-23(17-38-28)27(35)30-22(14-20(5)29(36)37-7)15-21-11-9-8-10-12-21;1-9-6-4-2-3-5-7(8)10/h8-12,17-20,22,24H,13-16H2,1-7H3,(H,30,35);9H,2-6H2,1H3,(H2,8,10). The molecule has 1 aromatic carbocycles. The van der Waals surface area contributed by atoms with Crippen LogP contribution in [0.25, 0.3) is 0 Å². The fourth-order valence-corrected chi connectivity index (χ4v) is 5.88. The first-order valence-corrected chi connectivity index (χ1v) is 17.7.